The van der Waals surface area contributed by atoms with Crippen molar-refractivity contribution >= 4 is 49.5 Å². The molecule has 0 amide bonds. The minimum atomic E-state index is -3.44. The molecule has 1 fully saturated rings. The fourth-order valence-corrected chi connectivity index (χ4v) is 6.75. The molecule has 0 saturated carbocycles. The molecule has 1 aliphatic rings. The van der Waals surface area contributed by atoms with E-state index in [2.05, 4.69) is 42.3 Å². The van der Waals surface area contributed by atoms with Crippen molar-refractivity contribution in [2.75, 3.05) is 18.0 Å². The summed E-state index contributed by atoms with van der Waals surface area (Å²) in [5.74, 6) is 0. The summed E-state index contributed by atoms with van der Waals surface area (Å²) >= 11 is 13.6. The van der Waals surface area contributed by atoms with E-state index in [0.29, 0.717) is 31.0 Å². The van der Waals surface area contributed by atoms with E-state index >= 15 is 0 Å². The Balaban J connectivity index is 1.48. The molecule has 3 aromatic rings. The predicted octanol–water partition coefficient (Wildman–Crippen LogP) is 6.18. The first-order chi connectivity index (χ1) is 14.3. The predicted molar refractivity (Wildman–Crippen MR) is 126 cm³/mol. The van der Waals surface area contributed by atoms with E-state index in [1.807, 2.05) is 0 Å². The van der Waals surface area contributed by atoms with Gasteiger partial charge in [-0.2, -0.15) is 0 Å². The van der Waals surface area contributed by atoms with Crippen LogP contribution < -0.4 is 4.90 Å². The van der Waals surface area contributed by atoms with Gasteiger partial charge in [-0.15, -0.1) is 11.3 Å². The lowest BCUT2D eigenvalue weighted by Gasteiger charge is -2.31. The number of hydrogen-bond acceptors (Lipinski definition) is 5. The molecule has 8 heteroatoms. The monoisotopic (exact) mass is 480 g/mol. The molecule has 2 heterocycles. The maximum Gasteiger partial charge on any atom is 0.185 e. The first kappa shape index (κ1) is 21.6. The van der Waals surface area contributed by atoms with Gasteiger partial charge in [0, 0.05) is 24.0 Å². The van der Waals surface area contributed by atoms with Crippen LogP contribution in [-0.2, 0) is 9.84 Å². The number of rotatable bonds is 4. The molecule has 0 unspecified atom stereocenters. The molecule has 2 aromatic carbocycles. The summed E-state index contributed by atoms with van der Waals surface area (Å²) in [4.78, 5) is 7.25. The second-order valence-electron chi connectivity index (χ2n) is 7.64. The van der Waals surface area contributed by atoms with Crippen LogP contribution in [0.15, 0.2) is 46.7 Å². The molecule has 30 heavy (non-hydrogen) atoms. The average Bonchev–Trinajstić information content (AvgIpc) is 3.22. The lowest BCUT2D eigenvalue weighted by atomic mass is 10.0. The minimum absolute atomic E-state index is 0.238. The van der Waals surface area contributed by atoms with Crippen LogP contribution in [0.5, 0.6) is 0 Å². The number of halogens is 2. The standard InChI is InChI=1S/C22H22Cl2N2O2S2/c1-14-3-4-15(2)18(11-14)21-13-29-22(25-21)26-9-7-16(8-10-26)30(27,28)17-5-6-19(23)20(24)12-17/h3-6,11-13,16H,7-10H2,1-2H3. The Labute approximate surface area is 191 Å². The van der Waals surface area contributed by atoms with Gasteiger partial charge in [0.2, 0.25) is 0 Å². The van der Waals surface area contributed by atoms with Crippen LogP contribution in [0.4, 0.5) is 5.13 Å². The number of piperidine rings is 1. The van der Waals surface area contributed by atoms with Gasteiger partial charge in [0.25, 0.3) is 0 Å². The molecule has 1 aromatic heterocycles. The number of benzene rings is 2. The van der Waals surface area contributed by atoms with Crippen molar-refractivity contribution in [2.24, 2.45) is 0 Å². The zero-order chi connectivity index (χ0) is 21.5. The summed E-state index contributed by atoms with van der Waals surface area (Å²) in [6.45, 7) is 5.48. The topological polar surface area (TPSA) is 50.3 Å². The number of anilines is 1. The maximum atomic E-state index is 13.0. The van der Waals surface area contributed by atoms with Crippen LogP contribution in [0.1, 0.15) is 24.0 Å². The summed E-state index contributed by atoms with van der Waals surface area (Å²) in [7, 11) is -3.44. The quantitative estimate of drug-likeness (QED) is 0.447. The summed E-state index contributed by atoms with van der Waals surface area (Å²) in [5.41, 5.74) is 4.53. The first-order valence-electron chi connectivity index (χ1n) is 9.73. The van der Waals surface area contributed by atoms with E-state index in [9.17, 15) is 8.42 Å². The second-order valence-corrected chi connectivity index (χ2v) is 11.5. The van der Waals surface area contributed by atoms with Crippen molar-refractivity contribution in [3.63, 3.8) is 0 Å². The molecular weight excluding hydrogens is 459 g/mol. The number of nitrogens with zero attached hydrogens (tertiary/aromatic N) is 2. The first-order valence-corrected chi connectivity index (χ1v) is 12.9. The highest BCUT2D eigenvalue weighted by Crippen LogP contribution is 2.34. The van der Waals surface area contributed by atoms with Crippen LogP contribution in [0.2, 0.25) is 10.0 Å². The van der Waals surface area contributed by atoms with E-state index in [4.69, 9.17) is 28.2 Å². The van der Waals surface area contributed by atoms with Crippen LogP contribution in [-0.4, -0.2) is 31.7 Å². The molecule has 0 atom stereocenters. The molecular formula is C22H22Cl2N2O2S2. The lowest BCUT2D eigenvalue weighted by Crippen LogP contribution is -2.39. The third kappa shape index (κ3) is 4.24. The Kier molecular flexibility index (Phi) is 6.13. The van der Waals surface area contributed by atoms with Crippen LogP contribution in [0, 0.1) is 13.8 Å². The Morgan fingerprint density at radius 1 is 1.03 bits per heavy atom. The van der Waals surface area contributed by atoms with Gasteiger partial charge in [-0.25, -0.2) is 13.4 Å². The second kappa shape index (κ2) is 8.50. The van der Waals surface area contributed by atoms with E-state index in [1.165, 1.54) is 29.3 Å². The van der Waals surface area contributed by atoms with Crippen LogP contribution >= 0.6 is 34.5 Å². The van der Waals surface area contributed by atoms with Gasteiger partial charge in [-0.3, -0.25) is 0 Å². The van der Waals surface area contributed by atoms with E-state index in [0.717, 1.165) is 16.4 Å². The highest BCUT2D eigenvalue weighted by atomic mass is 35.5. The maximum absolute atomic E-state index is 13.0. The summed E-state index contributed by atoms with van der Waals surface area (Å²) in [5, 5.41) is 3.21. The minimum Gasteiger partial charge on any atom is -0.348 e. The zero-order valence-corrected chi connectivity index (χ0v) is 19.9. The number of hydrogen-bond donors (Lipinski definition) is 0. The van der Waals surface area contributed by atoms with Crippen LogP contribution in [0.25, 0.3) is 11.3 Å². The van der Waals surface area contributed by atoms with Crippen molar-refractivity contribution in [2.45, 2.75) is 36.8 Å². The molecule has 0 spiro atoms. The highest BCUT2D eigenvalue weighted by Gasteiger charge is 2.32. The number of aryl methyl sites for hydroxylation is 2. The van der Waals surface area contributed by atoms with Crippen molar-refractivity contribution in [1.82, 2.24) is 4.98 Å². The van der Waals surface area contributed by atoms with Gasteiger partial charge in [-0.05, 0) is 56.5 Å². The van der Waals surface area contributed by atoms with Crippen molar-refractivity contribution in [3.8, 4) is 11.3 Å². The Morgan fingerprint density at radius 2 is 1.77 bits per heavy atom. The fraction of sp³-hybridized carbons (Fsp3) is 0.318. The summed E-state index contributed by atoms with van der Waals surface area (Å²) < 4.78 is 26.0. The molecule has 0 aliphatic carbocycles. The molecule has 4 nitrogen and oxygen atoms in total. The molecule has 0 radical (unpaired) electrons. The highest BCUT2D eigenvalue weighted by molar-refractivity contribution is 7.92. The molecule has 0 bridgehead atoms. The van der Waals surface area contributed by atoms with Gasteiger partial charge < -0.3 is 4.90 Å². The average molecular weight is 481 g/mol. The largest absolute Gasteiger partial charge is 0.348 e. The number of thiazole rings is 1. The molecule has 4 rings (SSSR count). The normalized spacial score (nSPS) is 15.5. The Morgan fingerprint density at radius 3 is 2.47 bits per heavy atom. The van der Waals surface area contributed by atoms with Crippen molar-refractivity contribution < 1.29 is 8.42 Å². The SMILES string of the molecule is Cc1ccc(C)c(-c2csc(N3CCC(S(=O)(=O)c4ccc(Cl)c(Cl)c4)CC3)n2)c1. The Hall–Kier alpha value is -1.60. The van der Waals surface area contributed by atoms with Gasteiger partial charge in [0.15, 0.2) is 15.0 Å². The van der Waals surface area contributed by atoms with Gasteiger partial charge in [0.1, 0.15) is 0 Å². The molecule has 1 aliphatic heterocycles. The van der Waals surface area contributed by atoms with E-state index in [-0.39, 0.29) is 9.92 Å². The van der Waals surface area contributed by atoms with E-state index < -0.39 is 15.1 Å². The van der Waals surface area contributed by atoms with Crippen molar-refractivity contribution in [1.29, 1.82) is 0 Å². The Bertz CT molecular complexity index is 1180. The van der Waals surface area contributed by atoms with E-state index in [1.54, 1.807) is 11.3 Å². The number of sulfone groups is 1. The van der Waals surface area contributed by atoms with Crippen molar-refractivity contribution in [3.05, 3.63) is 63.0 Å². The van der Waals surface area contributed by atoms with Crippen LogP contribution in [0.3, 0.4) is 0 Å². The number of aromatic nitrogens is 1. The molecule has 158 valence electrons. The lowest BCUT2D eigenvalue weighted by molar-refractivity contribution is 0.529. The fourth-order valence-electron chi connectivity index (χ4n) is 3.75. The van der Waals surface area contributed by atoms with Gasteiger partial charge in [-0.1, -0.05) is 40.9 Å². The molecule has 0 N–H and O–H groups in total. The zero-order valence-electron chi connectivity index (χ0n) is 16.7. The third-order valence-electron chi connectivity index (χ3n) is 5.53. The molecule has 1 saturated heterocycles. The smallest absolute Gasteiger partial charge is 0.185 e. The third-order valence-corrected chi connectivity index (χ3v) is 9.43. The van der Waals surface area contributed by atoms with Gasteiger partial charge in [0.05, 0.1) is 25.9 Å². The summed E-state index contributed by atoms with van der Waals surface area (Å²) in [6.07, 6.45) is 1.11. The van der Waals surface area contributed by atoms with Gasteiger partial charge >= 0.3 is 0 Å². The summed E-state index contributed by atoms with van der Waals surface area (Å²) in [6, 6.07) is 10.9.